The van der Waals surface area contributed by atoms with Gasteiger partial charge in [-0.05, 0) is 37.5 Å². The van der Waals surface area contributed by atoms with Crippen LogP contribution in [0.25, 0.3) is 11.1 Å². The maximum absolute atomic E-state index is 5.49. The van der Waals surface area contributed by atoms with Crippen molar-refractivity contribution in [2.75, 3.05) is 6.61 Å². The molecule has 3 rings (SSSR count). The SMILES string of the molecule is CCOc1cncc(-c2cncc(CNC3CC3)c2)c1. The number of ether oxygens (including phenoxy) is 1. The van der Waals surface area contributed by atoms with Crippen molar-refractivity contribution in [1.82, 2.24) is 15.3 Å². The van der Waals surface area contributed by atoms with Crippen LogP contribution in [0.3, 0.4) is 0 Å². The number of pyridine rings is 2. The van der Waals surface area contributed by atoms with Crippen LogP contribution < -0.4 is 10.1 Å². The van der Waals surface area contributed by atoms with Crippen molar-refractivity contribution in [3.63, 3.8) is 0 Å². The van der Waals surface area contributed by atoms with E-state index in [-0.39, 0.29) is 0 Å². The Morgan fingerprint density at radius 3 is 2.60 bits per heavy atom. The lowest BCUT2D eigenvalue weighted by atomic mass is 10.1. The number of hydrogen-bond donors (Lipinski definition) is 1. The summed E-state index contributed by atoms with van der Waals surface area (Å²) in [6.45, 7) is 3.50. The summed E-state index contributed by atoms with van der Waals surface area (Å²) < 4.78 is 5.49. The molecule has 2 heterocycles. The second-order valence-electron chi connectivity index (χ2n) is 5.08. The molecule has 4 heteroatoms. The molecule has 0 unspecified atom stereocenters. The number of nitrogens with one attached hydrogen (secondary N) is 1. The lowest BCUT2D eigenvalue weighted by Crippen LogP contribution is -2.15. The maximum Gasteiger partial charge on any atom is 0.138 e. The molecule has 0 saturated heterocycles. The predicted octanol–water partition coefficient (Wildman–Crippen LogP) is 2.79. The molecule has 0 aromatic carbocycles. The molecule has 0 radical (unpaired) electrons. The van der Waals surface area contributed by atoms with Gasteiger partial charge >= 0.3 is 0 Å². The fourth-order valence-corrected chi connectivity index (χ4v) is 2.11. The van der Waals surface area contributed by atoms with Crippen LogP contribution >= 0.6 is 0 Å². The molecule has 0 aliphatic heterocycles. The molecule has 2 aromatic rings. The monoisotopic (exact) mass is 269 g/mol. The Labute approximate surface area is 119 Å². The van der Waals surface area contributed by atoms with Gasteiger partial charge in [0.1, 0.15) is 5.75 Å². The number of rotatable bonds is 6. The first-order chi connectivity index (χ1) is 9.85. The van der Waals surface area contributed by atoms with Crippen LogP contribution in [0.1, 0.15) is 25.3 Å². The predicted molar refractivity (Wildman–Crippen MR) is 78.5 cm³/mol. The van der Waals surface area contributed by atoms with Gasteiger partial charge < -0.3 is 10.1 Å². The van der Waals surface area contributed by atoms with Crippen molar-refractivity contribution in [1.29, 1.82) is 0 Å². The van der Waals surface area contributed by atoms with Crippen LogP contribution in [-0.4, -0.2) is 22.6 Å². The van der Waals surface area contributed by atoms with Crippen LogP contribution in [0.5, 0.6) is 5.75 Å². The molecule has 0 amide bonds. The number of nitrogens with zero attached hydrogens (tertiary/aromatic N) is 2. The molecule has 2 aromatic heterocycles. The first-order valence-corrected chi connectivity index (χ1v) is 7.10. The van der Waals surface area contributed by atoms with Crippen molar-refractivity contribution in [2.45, 2.75) is 32.4 Å². The zero-order valence-corrected chi connectivity index (χ0v) is 11.7. The minimum Gasteiger partial charge on any atom is -0.492 e. The van der Waals surface area contributed by atoms with Gasteiger partial charge in [-0.3, -0.25) is 9.97 Å². The van der Waals surface area contributed by atoms with Crippen LogP contribution in [0.4, 0.5) is 0 Å². The zero-order valence-electron chi connectivity index (χ0n) is 11.7. The molecule has 1 saturated carbocycles. The molecule has 1 aliphatic carbocycles. The first-order valence-electron chi connectivity index (χ1n) is 7.10. The summed E-state index contributed by atoms with van der Waals surface area (Å²) in [4.78, 5) is 8.55. The highest BCUT2D eigenvalue weighted by molar-refractivity contribution is 5.63. The van der Waals surface area contributed by atoms with E-state index in [9.17, 15) is 0 Å². The highest BCUT2D eigenvalue weighted by atomic mass is 16.5. The van der Waals surface area contributed by atoms with E-state index in [1.165, 1.54) is 18.4 Å². The van der Waals surface area contributed by atoms with Crippen molar-refractivity contribution in [3.8, 4) is 16.9 Å². The molecule has 1 aliphatic rings. The van der Waals surface area contributed by atoms with E-state index >= 15 is 0 Å². The summed E-state index contributed by atoms with van der Waals surface area (Å²) in [5.41, 5.74) is 3.32. The van der Waals surface area contributed by atoms with Gasteiger partial charge in [-0.25, -0.2) is 0 Å². The maximum atomic E-state index is 5.49. The normalized spacial score (nSPS) is 14.2. The first kappa shape index (κ1) is 13.1. The molecule has 20 heavy (non-hydrogen) atoms. The van der Waals surface area contributed by atoms with Gasteiger partial charge in [0.2, 0.25) is 0 Å². The van der Waals surface area contributed by atoms with Crippen molar-refractivity contribution in [2.24, 2.45) is 0 Å². The quantitative estimate of drug-likeness (QED) is 0.876. The van der Waals surface area contributed by atoms with Crippen LogP contribution in [0.15, 0.2) is 36.9 Å². The Morgan fingerprint density at radius 1 is 1.10 bits per heavy atom. The van der Waals surface area contributed by atoms with Crippen molar-refractivity contribution >= 4 is 0 Å². The average molecular weight is 269 g/mol. The highest BCUT2D eigenvalue weighted by Crippen LogP contribution is 2.23. The molecule has 0 atom stereocenters. The topological polar surface area (TPSA) is 47.0 Å². The third-order valence-corrected chi connectivity index (χ3v) is 3.32. The Balaban J connectivity index is 1.77. The number of aromatic nitrogens is 2. The average Bonchev–Trinajstić information content (AvgIpc) is 3.30. The fraction of sp³-hybridized carbons (Fsp3) is 0.375. The largest absolute Gasteiger partial charge is 0.492 e. The Morgan fingerprint density at radius 2 is 1.85 bits per heavy atom. The second kappa shape index (κ2) is 6.01. The van der Waals surface area contributed by atoms with Crippen molar-refractivity contribution < 1.29 is 4.74 Å². The van der Waals surface area contributed by atoms with Gasteiger partial charge in [0.05, 0.1) is 12.8 Å². The molecule has 0 spiro atoms. The Bertz CT molecular complexity index is 581. The summed E-state index contributed by atoms with van der Waals surface area (Å²) in [7, 11) is 0. The molecule has 1 N–H and O–H groups in total. The van der Waals surface area contributed by atoms with E-state index in [2.05, 4.69) is 21.4 Å². The molecule has 1 fully saturated rings. The minimum absolute atomic E-state index is 0.648. The second-order valence-corrected chi connectivity index (χ2v) is 5.08. The van der Waals surface area contributed by atoms with E-state index in [0.29, 0.717) is 12.6 Å². The molecule has 4 nitrogen and oxygen atoms in total. The van der Waals surface area contributed by atoms with E-state index in [0.717, 1.165) is 23.4 Å². The molecule has 104 valence electrons. The van der Waals surface area contributed by atoms with Crippen LogP contribution in [0, 0.1) is 0 Å². The van der Waals surface area contributed by atoms with Gasteiger partial charge in [-0.1, -0.05) is 0 Å². The van der Waals surface area contributed by atoms with Crippen LogP contribution in [0.2, 0.25) is 0 Å². The van der Waals surface area contributed by atoms with Crippen LogP contribution in [-0.2, 0) is 6.54 Å². The van der Waals surface area contributed by atoms with Gasteiger partial charge in [0, 0.05) is 42.3 Å². The van der Waals surface area contributed by atoms with E-state index in [4.69, 9.17) is 4.74 Å². The summed E-state index contributed by atoms with van der Waals surface area (Å²) >= 11 is 0. The highest BCUT2D eigenvalue weighted by Gasteiger charge is 2.19. The molecule has 0 bridgehead atoms. The minimum atomic E-state index is 0.648. The lowest BCUT2D eigenvalue weighted by Gasteiger charge is -2.07. The Hall–Kier alpha value is -1.94. The lowest BCUT2D eigenvalue weighted by molar-refractivity contribution is 0.339. The fourth-order valence-electron chi connectivity index (χ4n) is 2.11. The smallest absolute Gasteiger partial charge is 0.138 e. The summed E-state index contributed by atoms with van der Waals surface area (Å²) in [6, 6.07) is 4.88. The summed E-state index contributed by atoms with van der Waals surface area (Å²) in [5.74, 6) is 0.798. The molecular weight excluding hydrogens is 250 g/mol. The number of hydrogen-bond acceptors (Lipinski definition) is 4. The van der Waals surface area contributed by atoms with E-state index < -0.39 is 0 Å². The van der Waals surface area contributed by atoms with Crippen molar-refractivity contribution in [3.05, 3.63) is 42.5 Å². The molecular formula is C16H19N3O. The standard InChI is InChI=1S/C16H19N3O/c1-2-20-16-6-14(10-18-11-16)13-5-12(7-17-9-13)8-19-15-3-4-15/h5-7,9-11,15,19H,2-4,8H2,1H3. The van der Waals surface area contributed by atoms with E-state index in [1.54, 1.807) is 6.20 Å². The van der Waals surface area contributed by atoms with Gasteiger partial charge in [0.25, 0.3) is 0 Å². The van der Waals surface area contributed by atoms with Gasteiger partial charge in [-0.2, -0.15) is 0 Å². The van der Waals surface area contributed by atoms with E-state index in [1.807, 2.05) is 31.6 Å². The van der Waals surface area contributed by atoms with Gasteiger partial charge in [0.15, 0.2) is 0 Å². The third-order valence-electron chi connectivity index (χ3n) is 3.32. The Kier molecular flexibility index (Phi) is 3.92. The zero-order chi connectivity index (χ0) is 13.8. The third kappa shape index (κ3) is 3.33. The summed E-state index contributed by atoms with van der Waals surface area (Å²) in [5, 5.41) is 3.50. The van der Waals surface area contributed by atoms with Gasteiger partial charge in [-0.15, -0.1) is 0 Å². The summed E-state index contributed by atoms with van der Waals surface area (Å²) in [6.07, 6.45) is 9.96.